The van der Waals surface area contributed by atoms with Crippen LogP contribution in [-0.4, -0.2) is 47.0 Å². The molecule has 3 heterocycles. The second-order valence-electron chi connectivity index (χ2n) is 8.38. The van der Waals surface area contributed by atoms with E-state index in [2.05, 4.69) is 17.0 Å². The Balaban J connectivity index is 1.40. The van der Waals surface area contributed by atoms with Gasteiger partial charge in [-0.2, -0.15) is 0 Å². The van der Waals surface area contributed by atoms with E-state index in [0.29, 0.717) is 18.8 Å². The highest BCUT2D eigenvalue weighted by molar-refractivity contribution is 5.78. The molecule has 0 N–H and O–H groups in total. The van der Waals surface area contributed by atoms with Crippen molar-refractivity contribution in [1.29, 1.82) is 0 Å². The maximum absolute atomic E-state index is 12.9. The molecule has 2 aliphatic heterocycles. The lowest BCUT2D eigenvalue weighted by Crippen LogP contribution is -2.41. The van der Waals surface area contributed by atoms with Crippen molar-refractivity contribution in [2.24, 2.45) is 0 Å². The molecule has 0 unspecified atom stereocenters. The number of carbonyl (C=O) groups is 1. The number of rotatable bonds is 5. The first-order valence-electron chi connectivity index (χ1n) is 11.4. The largest absolute Gasteiger partial charge is 0.484 e. The van der Waals surface area contributed by atoms with Crippen molar-refractivity contribution in [3.63, 3.8) is 0 Å². The van der Waals surface area contributed by atoms with Gasteiger partial charge in [0.25, 0.3) is 5.91 Å². The van der Waals surface area contributed by atoms with Crippen molar-refractivity contribution < 1.29 is 9.53 Å². The molecule has 1 fully saturated rings. The van der Waals surface area contributed by atoms with Crippen molar-refractivity contribution in [2.75, 3.05) is 31.1 Å². The van der Waals surface area contributed by atoms with Crippen LogP contribution in [0.1, 0.15) is 30.5 Å². The van der Waals surface area contributed by atoms with E-state index < -0.39 is 0 Å². The fraction of sp³-hybridized carbons (Fsp3) is 0.346. The van der Waals surface area contributed by atoms with Gasteiger partial charge in [0, 0.05) is 37.2 Å². The summed E-state index contributed by atoms with van der Waals surface area (Å²) in [4.78, 5) is 27.1. The van der Waals surface area contributed by atoms with E-state index in [-0.39, 0.29) is 12.5 Å². The van der Waals surface area contributed by atoms with Crippen LogP contribution in [0.4, 0.5) is 5.82 Å². The molecule has 2 aromatic carbocycles. The third-order valence-electron chi connectivity index (χ3n) is 6.18. The van der Waals surface area contributed by atoms with Crippen LogP contribution >= 0.6 is 0 Å². The monoisotopic (exact) mass is 428 g/mol. The number of fused-ring (bicyclic) bond motifs is 1. The molecule has 3 aromatic rings. The summed E-state index contributed by atoms with van der Waals surface area (Å²) in [5.41, 5.74) is 3.18. The Morgan fingerprint density at radius 3 is 2.34 bits per heavy atom. The van der Waals surface area contributed by atoms with Gasteiger partial charge in [-0.1, -0.05) is 48.5 Å². The molecule has 0 atom stereocenters. The zero-order chi connectivity index (χ0) is 21.8. The second kappa shape index (κ2) is 9.39. The second-order valence-corrected chi connectivity index (χ2v) is 8.38. The van der Waals surface area contributed by atoms with Crippen LogP contribution in [0.15, 0.2) is 60.7 Å². The smallest absolute Gasteiger partial charge is 0.260 e. The highest BCUT2D eigenvalue weighted by Gasteiger charge is 2.28. The van der Waals surface area contributed by atoms with Crippen molar-refractivity contribution >= 4 is 11.7 Å². The number of benzene rings is 2. The topological polar surface area (TPSA) is 58.6 Å². The molecule has 0 spiro atoms. The van der Waals surface area contributed by atoms with Gasteiger partial charge in [0.05, 0.1) is 12.2 Å². The number of amides is 1. The summed E-state index contributed by atoms with van der Waals surface area (Å²) in [5, 5.41) is 0. The van der Waals surface area contributed by atoms with Gasteiger partial charge >= 0.3 is 0 Å². The molecule has 32 heavy (non-hydrogen) atoms. The molecule has 5 rings (SSSR count). The molecule has 6 heteroatoms. The number of para-hydroxylation sites is 1. The number of carbonyl (C=O) groups excluding carboxylic acids is 1. The van der Waals surface area contributed by atoms with Crippen LogP contribution < -0.4 is 9.64 Å². The number of nitrogens with zero attached hydrogens (tertiary/aromatic N) is 4. The summed E-state index contributed by atoms with van der Waals surface area (Å²) >= 11 is 0. The van der Waals surface area contributed by atoms with E-state index in [1.165, 1.54) is 19.3 Å². The molecular formula is C26H28N4O2. The molecule has 164 valence electrons. The van der Waals surface area contributed by atoms with Gasteiger partial charge in [-0.15, -0.1) is 0 Å². The Labute approximate surface area is 188 Å². The predicted octanol–water partition coefficient (Wildman–Crippen LogP) is 4.10. The van der Waals surface area contributed by atoms with Gasteiger partial charge in [0.2, 0.25) is 0 Å². The van der Waals surface area contributed by atoms with Gasteiger partial charge in [0.1, 0.15) is 11.6 Å². The predicted molar refractivity (Wildman–Crippen MR) is 125 cm³/mol. The average molecular weight is 429 g/mol. The zero-order valence-corrected chi connectivity index (χ0v) is 18.2. The number of aromatic nitrogens is 2. The van der Waals surface area contributed by atoms with Crippen molar-refractivity contribution in [3.8, 4) is 17.1 Å². The molecular weight excluding hydrogens is 400 g/mol. The van der Waals surface area contributed by atoms with Crippen LogP contribution in [0.3, 0.4) is 0 Å². The number of hydrogen-bond acceptors (Lipinski definition) is 5. The third-order valence-corrected chi connectivity index (χ3v) is 6.18. The Morgan fingerprint density at radius 2 is 1.59 bits per heavy atom. The molecule has 6 nitrogen and oxygen atoms in total. The Hall–Kier alpha value is -3.41. The fourth-order valence-electron chi connectivity index (χ4n) is 4.45. The van der Waals surface area contributed by atoms with E-state index in [9.17, 15) is 4.79 Å². The van der Waals surface area contributed by atoms with Gasteiger partial charge < -0.3 is 14.5 Å². The summed E-state index contributed by atoms with van der Waals surface area (Å²) in [6, 6.07) is 19.6. The van der Waals surface area contributed by atoms with Gasteiger partial charge in [-0.3, -0.25) is 4.79 Å². The third kappa shape index (κ3) is 4.44. The lowest BCUT2D eigenvalue weighted by atomic mass is 10.0. The minimum atomic E-state index is -0.00349. The van der Waals surface area contributed by atoms with E-state index in [0.717, 1.165) is 48.0 Å². The highest BCUT2D eigenvalue weighted by atomic mass is 16.5. The minimum absolute atomic E-state index is 0.00349. The molecule has 1 amide bonds. The summed E-state index contributed by atoms with van der Waals surface area (Å²) in [6.07, 6.45) is 4.34. The maximum Gasteiger partial charge on any atom is 0.260 e. The summed E-state index contributed by atoms with van der Waals surface area (Å²) < 4.78 is 5.70. The highest BCUT2D eigenvalue weighted by Crippen LogP contribution is 2.31. The molecule has 0 aliphatic carbocycles. The first-order chi connectivity index (χ1) is 15.8. The van der Waals surface area contributed by atoms with Gasteiger partial charge in [-0.05, 0) is 31.4 Å². The van der Waals surface area contributed by atoms with Crippen molar-refractivity contribution in [1.82, 2.24) is 14.9 Å². The number of anilines is 1. The van der Waals surface area contributed by atoms with Gasteiger partial charge in [0.15, 0.2) is 12.4 Å². The summed E-state index contributed by atoms with van der Waals surface area (Å²) in [7, 11) is 0. The molecule has 2 aliphatic rings. The standard InChI is InChI=1S/C26H28N4O2/c31-24(19-32-21-12-6-2-7-13-21)30-17-14-23-22(18-30)26(29-15-8-3-9-16-29)28-25(27-23)20-10-4-1-5-11-20/h1-2,4-7,10-13H,3,8-9,14-19H2. The van der Waals surface area contributed by atoms with Crippen molar-refractivity contribution in [3.05, 3.63) is 71.9 Å². The average Bonchev–Trinajstić information content (AvgIpc) is 2.88. The molecule has 1 aromatic heterocycles. The Morgan fingerprint density at radius 1 is 0.875 bits per heavy atom. The van der Waals surface area contributed by atoms with Crippen LogP contribution in [0.25, 0.3) is 11.4 Å². The van der Waals surface area contributed by atoms with E-state index in [4.69, 9.17) is 14.7 Å². The summed E-state index contributed by atoms with van der Waals surface area (Å²) in [6.45, 7) is 3.23. The number of hydrogen-bond donors (Lipinski definition) is 0. The number of piperidine rings is 1. The zero-order valence-electron chi connectivity index (χ0n) is 18.2. The normalized spacial score (nSPS) is 15.9. The SMILES string of the molecule is O=C(COc1ccccc1)N1CCc2nc(-c3ccccc3)nc(N3CCCCC3)c2C1. The molecule has 0 bridgehead atoms. The molecule has 0 saturated carbocycles. The first-order valence-corrected chi connectivity index (χ1v) is 11.4. The van der Waals surface area contributed by atoms with Crippen LogP contribution in [0.5, 0.6) is 5.75 Å². The molecule has 0 radical (unpaired) electrons. The van der Waals surface area contributed by atoms with E-state index in [1.807, 2.05) is 53.4 Å². The van der Waals surface area contributed by atoms with Crippen LogP contribution in [0.2, 0.25) is 0 Å². The van der Waals surface area contributed by atoms with E-state index in [1.54, 1.807) is 0 Å². The first kappa shape index (κ1) is 20.5. The van der Waals surface area contributed by atoms with E-state index >= 15 is 0 Å². The van der Waals surface area contributed by atoms with Crippen LogP contribution in [0, 0.1) is 0 Å². The maximum atomic E-state index is 12.9. The number of ether oxygens (including phenoxy) is 1. The quantitative estimate of drug-likeness (QED) is 0.612. The Bertz CT molecular complexity index is 1070. The van der Waals surface area contributed by atoms with Crippen LogP contribution in [-0.2, 0) is 17.8 Å². The minimum Gasteiger partial charge on any atom is -0.484 e. The fourth-order valence-corrected chi connectivity index (χ4v) is 4.45. The lowest BCUT2D eigenvalue weighted by molar-refractivity contribution is -0.134. The lowest BCUT2D eigenvalue weighted by Gasteiger charge is -2.34. The van der Waals surface area contributed by atoms with Gasteiger partial charge in [-0.25, -0.2) is 9.97 Å². The summed E-state index contributed by atoms with van der Waals surface area (Å²) in [5.74, 6) is 2.48. The Kier molecular flexibility index (Phi) is 6.01. The van der Waals surface area contributed by atoms with Crippen molar-refractivity contribution in [2.45, 2.75) is 32.2 Å². The molecule has 1 saturated heterocycles.